The first kappa shape index (κ1) is 14.3. The predicted molar refractivity (Wildman–Crippen MR) is 78.2 cm³/mol. The average molecular weight is 344 g/mol. The molecule has 1 atom stereocenters. The van der Waals surface area contributed by atoms with Gasteiger partial charge in [0.15, 0.2) is 0 Å². The number of hydrogen-bond donors (Lipinski definition) is 1. The summed E-state index contributed by atoms with van der Waals surface area (Å²) in [5.41, 5.74) is 3.23. The van der Waals surface area contributed by atoms with Gasteiger partial charge in [0.25, 0.3) is 0 Å². The van der Waals surface area contributed by atoms with Gasteiger partial charge in [0.1, 0.15) is 22.1 Å². The third-order valence-corrected chi connectivity index (χ3v) is 4.58. The smallest absolute Gasteiger partial charge is 0.142 e. The van der Waals surface area contributed by atoms with Crippen LogP contribution in [0.25, 0.3) is 0 Å². The van der Waals surface area contributed by atoms with Crippen LogP contribution in [0.15, 0.2) is 22.1 Å². The molecule has 0 spiro atoms. The lowest BCUT2D eigenvalue weighted by Gasteiger charge is -2.17. The predicted octanol–water partition coefficient (Wildman–Crippen LogP) is 3.31. The number of aliphatic hydroxyl groups is 1. The molecule has 1 aromatic heterocycles. The third-order valence-electron chi connectivity index (χ3n) is 2.84. The zero-order valence-corrected chi connectivity index (χ0v) is 13.2. The van der Waals surface area contributed by atoms with Crippen molar-refractivity contribution < 1.29 is 14.6 Å². The third kappa shape index (κ3) is 2.61. The maximum Gasteiger partial charge on any atom is 0.142 e. The van der Waals surface area contributed by atoms with Crippen LogP contribution >= 0.6 is 27.3 Å². The van der Waals surface area contributed by atoms with Crippen LogP contribution in [-0.4, -0.2) is 24.3 Å². The summed E-state index contributed by atoms with van der Waals surface area (Å²) >= 11 is 4.85. The van der Waals surface area contributed by atoms with Gasteiger partial charge in [-0.25, -0.2) is 4.98 Å². The van der Waals surface area contributed by atoms with Crippen molar-refractivity contribution in [3.8, 4) is 11.5 Å². The summed E-state index contributed by atoms with van der Waals surface area (Å²) in [7, 11) is 3.15. The number of aliphatic hydroxyl groups excluding tert-OH is 1. The number of benzene rings is 1. The Kier molecular flexibility index (Phi) is 4.44. The normalized spacial score (nSPS) is 12.3. The summed E-state index contributed by atoms with van der Waals surface area (Å²) in [5, 5.41) is 10.5. The van der Waals surface area contributed by atoms with E-state index in [0.717, 1.165) is 10.6 Å². The van der Waals surface area contributed by atoms with Gasteiger partial charge in [-0.3, -0.25) is 0 Å². The van der Waals surface area contributed by atoms with Crippen molar-refractivity contribution in [1.29, 1.82) is 0 Å². The quantitative estimate of drug-likeness (QED) is 0.925. The molecule has 0 aliphatic rings. The monoisotopic (exact) mass is 343 g/mol. The minimum atomic E-state index is -0.760. The molecule has 4 nitrogen and oxygen atoms in total. The molecule has 1 unspecified atom stereocenters. The van der Waals surface area contributed by atoms with Gasteiger partial charge in [0.2, 0.25) is 0 Å². The van der Waals surface area contributed by atoms with Gasteiger partial charge in [0.05, 0.1) is 30.3 Å². The molecule has 0 saturated carbocycles. The van der Waals surface area contributed by atoms with E-state index in [1.165, 1.54) is 11.3 Å². The van der Waals surface area contributed by atoms with Crippen LogP contribution in [0.4, 0.5) is 0 Å². The Balaban J connectivity index is 2.51. The highest BCUT2D eigenvalue weighted by atomic mass is 79.9. The Labute approximate surface area is 124 Å². The molecule has 1 N–H and O–H groups in total. The van der Waals surface area contributed by atoms with Crippen LogP contribution in [0.5, 0.6) is 11.5 Å². The molecular formula is C13H14BrNO3S. The Hall–Kier alpha value is -1.11. The number of nitrogens with zero attached hydrogens (tertiary/aromatic N) is 1. The molecule has 19 heavy (non-hydrogen) atoms. The van der Waals surface area contributed by atoms with Gasteiger partial charge in [-0.1, -0.05) is 0 Å². The number of aryl methyl sites for hydroxylation is 1. The van der Waals surface area contributed by atoms with Crippen LogP contribution < -0.4 is 9.47 Å². The summed E-state index contributed by atoms with van der Waals surface area (Å²) in [6.45, 7) is 1.88. The first-order chi connectivity index (χ1) is 9.10. The minimum absolute atomic E-state index is 0.569. The molecule has 0 fully saturated rings. The molecule has 0 radical (unpaired) electrons. The molecule has 1 aromatic carbocycles. The van der Waals surface area contributed by atoms with Gasteiger partial charge in [-0.2, -0.15) is 0 Å². The SMILES string of the molecule is COc1ccc(C(O)c2scnc2C)c(OC)c1Br. The van der Waals surface area contributed by atoms with Crippen LogP contribution in [-0.2, 0) is 0 Å². The van der Waals surface area contributed by atoms with Gasteiger partial charge >= 0.3 is 0 Å². The maximum absolute atomic E-state index is 10.5. The highest BCUT2D eigenvalue weighted by molar-refractivity contribution is 9.10. The topological polar surface area (TPSA) is 51.6 Å². The fourth-order valence-electron chi connectivity index (χ4n) is 1.85. The molecule has 0 aliphatic carbocycles. The number of aromatic nitrogens is 1. The van der Waals surface area contributed by atoms with Crippen molar-refractivity contribution in [2.45, 2.75) is 13.0 Å². The van der Waals surface area contributed by atoms with Crippen LogP contribution in [0, 0.1) is 6.92 Å². The van der Waals surface area contributed by atoms with E-state index in [4.69, 9.17) is 9.47 Å². The van der Waals surface area contributed by atoms with Crippen molar-refractivity contribution in [1.82, 2.24) is 4.98 Å². The largest absolute Gasteiger partial charge is 0.495 e. The number of thiazole rings is 1. The fraction of sp³-hybridized carbons (Fsp3) is 0.308. The lowest BCUT2D eigenvalue weighted by atomic mass is 10.1. The number of hydrogen-bond acceptors (Lipinski definition) is 5. The Morgan fingerprint density at radius 2 is 2.05 bits per heavy atom. The molecule has 6 heteroatoms. The van der Waals surface area contributed by atoms with E-state index in [1.807, 2.05) is 6.92 Å². The van der Waals surface area contributed by atoms with Crippen molar-refractivity contribution >= 4 is 27.3 Å². The average Bonchev–Trinajstić information content (AvgIpc) is 2.83. The van der Waals surface area contributed by atoms with E-state index in [-0.39, 0.29) is 0 Å². The van der Waals surface area contributed by atoms with E-state index in [1.54, 1.807) is 31.9 Å². The summed E-state index contributed by atoms with van der Waals surface area (Å²) in [6.07, 6.45) is -0.760. The molecule has 0 amide bonds. The lowest BCUT2D eigenvalue weighted by molar-refractivity contribution is 0.217. The number of halogens is 1. The van der Waals surface area contributed by atoms with Crippen LogP contribution in [0.2, 0.25) is 0 Å². The van der Waals surface area contributed by atoms with Gasteiger partial charge in [-0.15, -0.1) is 11.3 Å². The van der Waals surface area contributed by atoms with Crippen molar-refractivity contribution in [3.05, 3.63) is 38.3 Å². The van der Waals surface area contributed by atoms with Crippen LogP contribution in [0.3, 0.4) is 0 Å². The van der Waals surface area contributed by atoms with Crippen molar-refractivity contribution in [3.63, 3.8) is 0 Å². The first-order valence-electron chi connectivity index (χ1n) is 5.58. The van der Waals surface area contributed by atoms with E-state index in [2.05, 4.69) is 20.9 Å². The summed E-state index contributed by atoms with van der Waals surface area (Å²) in [4.78, 5) is 4.97. The Morgan fingerprint density at radius 1 is 1.32 bits per heavy atom. The molecule has 0 bridgehead atoms. The highest BCUT2D eigenvalue weighted by Gasteiger charge is 2.22. The highest BCUT2D eigenvalue weighted by Crippen LogP contribution is 2.42. The van der Waals surface area contributed by atoms with E-state index < -0.39 is 6.10 Å². The molecular weight excluding hydrogens is 330 g/mol. The standard InChI is InChI=1S/C13H14BrNO3S/c1-7-13(19-6-15-7)11(16)8-4-5-9(17-2)10(14)12(8)18-3/h4-6,11,16H,1-3H3. The second kappa shape index (κ2) is 5.90. The zero-order valence-electron chi connectivity index (χ0n) is 10.8. The molecule has 102 valence electrons. The number of rotatable bonds is 4. The second-order valence-corrected chi connectivity index (χ2v) is 5.59. The fourth-order valence-corrected chi connectivity index (χ4v) is 3.34. The molecule has 1 heterocycles. The Morgan fingerprint density at radius 3 is 2.58 bits per heavy atom. The van der Waals surface area contributed by atoms with Crippen LogP contribution in [0.1, 0.15) is 22.2 Å². The molecule has 0 aliphatic heterocycles. The molecule has 2 aromatic rings. The van der Waals surface area contributed by atoms with Crippen molar-refractivity contribution in [2.24, 2.45) is 0 Å². The number of methoxy groups -OCH3 is 2. The van der Waals surface area contributed by atoms with Gasteiger partial charge in [-0.05, 0) is 35.0 Å². The second-order valence-electron chi connectivity index (χ2n) is 3.91. The zero-order chi connectivity index (χ0) is 14.0. The molecule has 2 rings (SSSR count). The summed E-state index contributed by atoms with van der Waals surface area (Å²) < 4.78 is 11.3. The van der Waals surface area contributed by atoms with E-state index in [0.29, 0.717) is 21.5 Å². The summed E-state index contributed by atoms with van der Waals surface area (Å²) in [6, 6.07) is 3.59. The summed E-state index contributed by atoms with van der Waals surface area (Å²) in [5.74, 6) is 1.23. The first-order valence-corrected chi connectivity index (χ1v) is 7.25. The van der Waals surface area contributed by atoms with Crippen molar-refractivity contribution in [2.75, 3.05) is 14.2 Å². The van der Waals surface area contributed by atoms with E-state index in [9.17, 15) is 5.11 Å². The van der Waals surface area contributed by atoms with E-state index >= 15 is 0 Å². The lowest BCUT2D eigenvalue weighted by Crippen LogP contribution is -2.03. The van der Waals surface area contributed by atoms with Gasteiger partial charge in [0, 0.05) is 5.56 Å². The van der Waals surface area contributed by atoms with Gasteiger partial charge < -0.3 is 14.6 Å². The minimum Gasteiger partial charge on any atom is -0.495 e. The maximum atomic E-state index is 10.5. The number of ether oxygens (including phenoxy) is 2. The Bertz CT molecular complexity index is 585. The molecule has 0 saturated heterocycles.